The number of anilines is 2. The van der Waals surface area contributed by atoms with Gasteiger partial charge in [0.15, 0.2) is 5.58 Å². The summed E-state index contributed by atoms with van der Waals surface area (Å²) in [5, 5.41) is 0. The van der Waals surface area contributed by atoms with Crippen LogP contribution in [0.4, 0.5) is 11.7 Å². The number of piperidine rings is 1. The van der Waals surface area contributed by atoms with Crippen LogP contribution < -0.4 is 10.6 Å². The van der Waals surface area contributed by atoms with Crippen LogP contribution in [-0.4, -0.2) is 18.1 Å². The van der Waals surface area contributed by atoms with Gasteiger partial charge in [-0.1, -0.05) is 6.92 Å². The largest absolute Gasteiger partial charge is 0.423 e. The highest BCUT2D eigenvalue weighted by Gasteiger charge is 2.20. The van der Waals surface area contributed by atoms with Crippen molar-refractivity contribution in [2.24, 2.45) is 5.92 Å². The van der Waals surface area contributed by atoms with Crippen molar-refractivity contribution in [2.75, 3.05) is 23.7 Å². The lowest BCUT2D eigenvalue weighted by atomic mass is 10.00. The second kappa shape index (κ2) is 3.95. The summed E-state index contributed by atoms with van der Waals surface area (Å²) in [4.78, 5) is 6.72. The van der Waals surface area contributed by atoms with Gasteiger partial charge >= 0.3 is 0 Å². The Bertz CT molecular complexity index is 526. The van der Waals surface area contributed by atoms with Crippen LogP contribution in [0, 0.1) is 5.92 Å². The maximum Gasteiger partial charge on any atom is 0.298 e. The fraction of sp³-hybridized carbons (Fsp3) is 0.462. The van der Waals surface area contributed by atoms with Crippen molar-refractivity contribution in [1.29, 1.82) is 0 Å². The second-order valence-corrected chi connectivity index (χ2v) is 4.89. The predicted octanol–water partition coefficient (Wildman–Crippen LogP) is 2.65. The summed E-state index contributed by atoms with van der Waals surface area (Å²) >= 11 is 0. The molecule has 0 amide bonds. The van der Waals surface area contributed by atoms with Gasteiger partial charge in [-0.25, -0.2) is 0 Å². The van der Waals surface area contributed by atoms with E-state index in [-0.39, 0.29) is 0 Å². The van der Waals surface area contributed by atoms with Crippen LogP contribution in [0.3, 0.4) is 0 Å². The van der Waals surface area contributed by atoms with Crippen molar-refractivity contribution in [1.82, 2.24) is 4.98 Å². The number of fused-ring (bicyclic) bond motifs is 1. The number of rotatable bonds is 1. The van der Waals surface area contributed by atoms with Crippen LogP contribution in [0.5, 0.6) is 0 Å². The minimum absolute atomic E-state index is 0.726. The molecule has 0 unspecified atom stereocenters. The molecule has 2 aromatic rings. The molecular weight excluding hydrogens is 214 g/mol. The molecule has 1 aliphatic rings. The van der Waals surface area contributed by atoms with Crippen molar-refractivity contribution < 1.29 is 4.42 Å². The van der Waals surface area contributed by atoms with E-state index in [2.05, 4.69) is 16.8 Å². The molecule has 1 aromatic carbocycles. The van der Waals surface area contributed by atoms with Crippen LogP contribution in [0.1, 0.15) is 19.8 Å². The van der Waals surface area contributed by atoms with Gasteiger partial charge in [-0.2, -0.15) is 4.98 Å². The molecule has 0 spiro atoms. The van der Waals surface area contributed by atoms with E-state index in [1.807, 2.05) is 18.2 Å². The predicted molar refractivity (Wildman–Crippen MR) is 69.0 cm³/mol. The van der Waals surface area contributed by atoms with E-state index in [4.69, 9.17) is 10.2 Å². The molecule has 17 heavy (non-hydrogen) atoms. The minimum Gasteiger partial charge on any atom is -0.423 e. The lowest BCUT2D eigenvalue weighted by Gasteiger charge is -2.28. The minimum atomic E-state index is 0.726. The molecule has 0 atom stereocenters. The molecule has 90 valence electrons. The zero-order valence-electron chi connectivity index (χ0n) is 10.0. The number of nitrogen functional groups attached to an aromatic ring is 1. The van der Waals surface area contributed by atoms with E-state index in [0.717, 1.165) is 41.8 Å². The maximum atomic E-state index is 5.76. The first kappa shape index (κ1) is 10.4. The molecule has 0 saturated carbocycles. The van der Waals surface area contributed by atoms with Crippen LogP contribution in [-0.2, 0) is 0 Å². The molecule has 2 heterocycles. The number of benzene rings is 1. The summed E-state index contributed by atoms with van der Waals surface area (Å²) in [6.07, 6.45) is 2.42. The molecule has 4 heteroatoms. The lowest BCUT2D eigenvalue weighted by Crippen LogP contribution is -2.32. The van der Waals surface area contributed by atoms with Crippen LogP contribution in [0.15, 0.2) is 22.6 Å². The molecular formula is C13H17N3O. The van der Waals surface area contributed by atoms with E-state index in [0.29, 0.717) is 0 Å². The molecule has 1 aliphatic heterocycles. The Kier molecular flexibility index (Phi) is 2.42. The van der Waals surface area contributed by atoms with Gasteiger partial charge in [0.05, 0.1) is 0 Å². The Morgan fingerprint density at radius 2 is 2.12 bits per heavy atom. The highest BCUT2D eigenvalue weighted by Crippen LogP contribution is 2.26. The summed E-state index contributed by atoms with van der Waals surface area (Å²) in [5.74, 6) is 0.811. The van der Waals surface area contributed by atoms with Gasteiger partial charge in [0.2, 0.25) is 0 Å². The number of nitrogens with two attached hydrogens (primary N) is 1. The fourth-order valence-corrected chi connectivity index (χ4v) is 2.27. The van der Waals surface area contributed by atoms with E-state index >= 15 is 0 Å². The topological polar surface area (TPSA) is 55.3 Å². The molecule has 4 nitrogen and oxygen atoms in total. The maximum absolute atomic E-state index is 5.76. The third kappa shape index (κ3) is 1.95. The van der Waals surface area contributed by atoms with Crippen LogP contribution >= 0.6 is 0 Å². The highest BCUT2D eigenvalue weighted by molar-refractivity contribution is 5.78. The van der Waals surface area contributed by atoms with E-state index in [1.165, 1.54) is 12.8 Å². The highest BCUT2D eigenvalue weighted by atomic mass is 16.4. The zero-order chi connectivity index (χ0) is 11.8. The molecule has 2 N–H and O–H groups in total. The molecule has 0 aliphatic carbocycles. The fourth-order valence-electron chi connectivity index (χ4n) is 2.27. The summed E-state index contributed by atoms with van der Waals surface area (Å²) in [5.41, 5.74) is 8.12. The molecule has 1 fully saturated rings. The third-order valence-corrected chi connectivity index (χ3v) is 3.45. The molecule has 0 radical (unpaired) electrons. The van der Waals surface area contributed by atoms with Crippen molar-refractivity contribution in [2.45, 2.75) is 19.8 Å². The van der Waals surface area contributed by atoms with Crippen molar-refractivity contribution in [3.8, 4) is 0 Å². The van der Waals surface area contributed by atoms with Gasteiger partial charge in [-0.05, 0) is 37.0 Å². The number of nitrogens with zero attached hydrogens (tertiary/aromatic N) is 2. The standard InChI is InChI=1S/C13H17N3O/c1-9-4-6-16(7-5-9)13-15-11-8-10(14)2-3-12(11)17-13/h2-3,8-9H,4-7,14H2,1H3. The summed E-state index contributed by atoms with van der Waals surface area (Å²) in [6.45, 7) is 4.36. The van der Waals surface area contributed by atoms with Gasteiger partial charge in [0, 0.05) is 18.8 Å². The van der Waals surface area contributed by atoms with Gasteiger partial charge in [-0.15, -0.1) is 0 Å². The van der Waals surface area contributed by atoms with Crippen molar-refractivity contribution in [3.63, 3.8) is 0 Å². The quantitative estimate of drug-likeness (QED) is 0.766. The first-order valence-electron chi connectivity index (χ1n) is 6.13. The van der Waals surface area contributed by atoms with E-state index < -0.39 is 0 Å². The smallest absolute Gasteiger partial charge is 0.298 e. The third-order valence-electron chi connectivity index (χ3n) is 3.45. The lowest BCUT2D eigenvalue weighted by molar-refractivity contribution is 0.417. The summed E-state index contributed by atoms with van der Waals surface area (Å²) in [6, 6.07) is 6.32. The van der Waals surface area contributed by atoms with Crippen LogP contribution in [0.25, 0.3) is 11.1 Å². The molecule has 1 aromatic heterocycles. The molecule has 0 bridgehead atoms. The zero-order valence-corrected chi connectivity index (χ0v) is 10.0. The Morgan fingerprint density at radius 1 is 1.35 bits per heavy atom. The Morgan fingerprint density at radius 3 is 2.88 bits per heavy atom. The number of aromatic nitrogens is 1. The molecule has 3 rings (SSSR count). The molecule has 1 saturated heterocycles. The monoisotopic (exact) mass is 231 g/mol. The Balaban J connectivity index is 1.90. The van der Waals surface area contributed by atoms with E-state index in [9.17, 15) is 0 Å². The van der Waals surface area contributed by atoms with Gasteiger partial charge < -0.3 is 15.1 Å². The van der Waals surface area contributed by atoms with Crippen molar-refractivity contribution in [3.05, 3.63) is 18.2 Å². The van der Waals surface area contributed by atoms with Gasteiger partial charge in [-0.3, -0.25) is 0 Å². The Hall–Kier alpha value is -1.71. The van der Waals surface area contributed by atoms with Gasteiger partial charge in [0.25, 0.3) is 6.01 Å². The summed E-state index contributed by atoms with van der Waals surface area (Å²) < 4.78 is 5.76. The second-order valence-electron chi connectivity index (χ2n) is 4.89. The summed E-state index contributed by atoms with van der Waals surface area (Å²) in [7, 11) is 0. The van der Waals surface area contributed by atoms with Crippen LogP contribution in [0.2, 0.25) is 0 Å². The average Bonchev–Trinajstić information content (AvgIpc) is 2.72. The SMILES string of the molecule is CC1CCN(c2nc3cc(N)ccc3o2)CC1. The van der Waals surface area contributed by atoms with Gasteiger partial charge in [0.1, 0.15) is 5.52 Å². The average molecular weight is 231 g/mol. The van der Waals surface area contributed by atoms with E-state index in [1.54, 1.807) is 0 Å². The number of hydrogen-bond acceptors (Lipinski definition) is 4. The Labute approximate surface area is 100 Å². The van der Waals surface area contributed by atoms with Crippen molar-refractivity contribution >= 4 is 22.8 Å². The number of oxazole rings is 1. The normalized spacial score (nSPS) is 17.8. The first-order chi connectivity index (χ1) is 8.22. The first-order valence-corrected chi connectivity index (χ1v) is 6.13. The number of hydrogen-bond donors (Lipinski definition) is 1.